The Bertz CT molecular complexity index is 493. The second-order valence-electron chi connectivity index (χ2n) is 6.18. The second kappa shape index (κ2) is 10.3. The van der Waals surface area contributed by atoms with Crippen LogP contribution in [0.3, 0.4) is 0 Å². The fourth-order valence-corrected chi connectivity index (χ4v) is 2.41. The number of rotatable bonds is 10. The number of hydrogen-bond donors (Lipinski definition) is 3. The molecule has 138 valence electrons. The average molecular weight is 339 g/mol. The zero-order valence-corrected chi connectivity index (χ0v) is 15.8. The molecule has 7 heteroatoms. The second-order valence-corrected chi connectivity index (χ2v) is 6.18. The molecule has 0 spiro atoms. The van der Waals surface area contributed by atoms with Crippen molar-refractivity contribution in [2.24, 2.45) is 12.0 Å². The summed E-state index contributed by atoms with van der Waals surface area (Å²) in [5.74, 6) is 0.737. The third kappa shape index (κ3) is 6.88. The number of nitrogens with zero attached hydrogens (tertiary/aromatic N) is 4. The van der Waals surface area contributed by atoms with Crippen LogP contribution >= 0.6 is 0 Å². The summed E-state index contributed by atoms with van der Waals surface area (Å²) < 4.78 is 1.68. The summed E-state index contributed by atoms with van der Waals surface area (Å²) in [6.07, 6.45) is 4.56. The molecule has 1 rings (SSSR count). The molecule has 0 radical (unpaired) electrons. The number of aromatic nitrogens is 2. The van der Waals surface area contributed by atoms with Gasteiger partial charge in [0, 0.05) is 31.9 Å². The molecule has 1 atom stereocenters. The molecular formula is C17H34N6O. The van der Waals surface area contributed by atoms with Crippen LogP contribution < -0.4 is 10.6 Å². The molecule has 0 aliphatic rings. The van der Waals surface area contributed by atoms with E-state index in [1.807, 2.05) is 20.2 Å². The molecule has 3 N–H and O–H groups in total. The van der Waals surface area contributed by atoms with Crippen LogP contribution in [0.2, 0.25) is 0 Å². The van der Waals surface area contributed by atoms with Crippen molar-refractivity contribution in [1.29, 1.82) is 0 Å². The van der Waals surface area contributed by atoms with Crippen LogP contribution in [0.15, 0.2) is 17.4 Å². The average Bonchev–Trinajstić information content (AvgIpc) is 3.00. The van der Waals surface area contributed by atoms with Gasteiger partial charge >= 0.3 is 0 Å². The normalized spacial score (nSPS) is 14.7. The maximum atomic E-state index is 10.6. The Hall–Kier alpha value is -1.60. The van der Waals surface area contributed by atoms with Crippen LogP contribution in [0.4, 0.5) is 0 Å². The number of aryl methyl sites for hydroxylation is 1. The Labute approximate surface area is 146 Å². The highest BCUT2D eigenvalue weighted by Crippen LogP contribution is 2.19. The minimum Gasteiger partial charge on any atom is -0.383 e. The largest absolute Gasteiger partial charge is 0.383 e. The minimum absolute atomic E-state index is 0.282. The summed E-state index contributed by atoms with van der Waals surface area (Å²) >= 11 is 0. The van der Waals surface area contributed by atoms with Gasteiger partial charge in [0.1, 0.15) is 5.60 Å². The number of guanidine groups is 1. The Morgan fingerprint density at radius 1 is 1.33 bits per heavy atom. The molecule has 1 aromatic heterocycles. The summed E-state index contributed by atoms with van der Waals surface area (Å²) in [5, 5.41) is 21.3. The molecule has 0 amide bonds. The van der Waals surface area contributed by atoms with Gasteiger partial charge in [-0.3, -0.25) is 4.68 Å². The van der Waals surface area contributed by atoms with Gasteiger partial charge in [0.05, 0.1) is 12.7 Å². The van der Waals surface area contributed by atoms with Gasteiger partial charge in [-0.15, -0.1) is 0 Å². The fourth-order valence-electron chi connectivity index (χ4n) is 2.41. The van der Waals surface area contributed by atoms with Crippen molar-refractivity contribution >= 4 is 5.96 Å². The topological polar surface area (TPSA) is 77.7 Å². The molecule has 0 saturated heterocycles. The molecule has 1 aromatic rings. The monoisotopic (exact) mass is 338 g/mol. The van der Waals surface area contributed by atoms with Gasteiger partial charge in [-0.2, -0.15) is 5.10 Å². The van der Waals surface area contributed by atoms with E-state index in [4.69, 9.17) is 0 Å². The number of hydrogen-bond acceptors (Lipinski definition) is 4. The van der Waals surface area contributed by atoms with Crippen molar-refractivity contribution in [2.75, 3.05) is 39.3 Å². The molecule has 7 nitrogen and oxygen atoms in total. The highest BCUT2D eigenvalue weighted by atomic mass is 16.3. The Balaban J connectivity index is 2.52. The Morgan fingerprint density at radius 3 is 2.58 bits per heavy atom. The van der Waals surface area contributed by atoms with Crippen LogP contribution in [0, 0.1) is 0 Å². The first-order valence-electron chi connectivity index (χ1n) is 8.89. The maximum Gasteiger partial charge on any atom is 0.191 e. The summed E-state index contributed by atoms with van der Waals surface area (Å²) in [7, 11) is 1.84. The Morgan fingerprint density at radius 2 is 2.04 bits per heavy atom. The molecule has 0 bridgehead atoms. The zero-order chi connectivity index (χ0) is 18.0. The predicted octanol–water partition coefficient (Wildman–Crippen LogP) is 0.915. The first kappa shape index (κ1) is 20.4. The van der Waals surface area contributed by atoms with Gasteiger partial charge in [0.2, 0.25) is 0 Å². The number of aliphatic hydroxyl groups is 1. The van der Waals surface area contributed by atoms with Crippen molar-refractivity contribution in [2.45, 2.75) is 39.7 Å². The third-order valence-corrected chi connectivity index (χ3v) is 4.05. The number of aliphatic imine (C=N–C) groups is 1. The first-order valence-corrected chi connectivity index (χ1v) is 8.89. The van der Waals surface area contributed by atoms with Gasteiger partial charge in [0.15, 0.2) is 5.96 Å². The van der Waals surface area contributed by atoms with Crippen molar-refractivity contribution in [3.63, 3.8) is 0 Å². The van der Waals surface area contributed by atoms with Gasteiger partial charge in [-0.25, -0.2) is 4.99 Å². The summed E-state index contributed by atoms with van der Waals surface area (Å²) in [6.45, 7) is 13.3. The van der Waals surface area contributed by atoms with E-state index in [0.717, 1.165) is 50.7 Å². The van der Waals surface area contributed by atoms with Crippen LogP contribution in [-0.4, -0.2) is 65.0 Å². The predicted molar refractivity (Wildman–Crippen MR) is 99.2 cm³/mol. The van der Waals surface area contributed by atoms with E-state index >= 15 is 0 Å². The third-order valence-electron chi connectivity index (χ3n) is 4.05. The van der Waals surface area contributed by atoms with Crippen molar-refractivity contribution in [1.82, 2.24) is 25.3 Å². The van der Waals surface area contributed by atoms with Crippen molar-refractivity contribution in [3.05, 3.63) is 18.0 Å². The fraction of sp³-hybridized carbons (Fsp3) is 0.765. The lowest BCUT2D eigenvalue weighted by atomic mass is 10.0. The van der Waals surface area contributed by atoms with E-state index in [2.05, 4.69) is 39.5 Å². The highest BCUT2D eigenvalue weighted by molar-refractivity contribution is 5.79. The molecule has 0 aliphatic carbocycles. The molecule has 0 aliphatic heterocycles. The molecule has 1 unspecified atom stereocenters. The van der Waals surface area contributed by atoms with Crippen molar-refractivity contribution < 1.29 is 5.11 Å². The minimum atomic E-state index is -1.03. The van der Waals surface area contributed by atoms with Crippen LogP contribution in [-0.2, 0) is 12.6 Å². The van der Waals surface area contributed by atoms with Gasteiger partial charge in [0.25, 0.3) is 0 Å². The highest BCUT2D eigenvalue weighted by Gasteiger charge is 2.24. The summed E-state index contributed by atoms with van der Waals surface area (Å²) in [4.78, 5) is 6.92. The molecule has 1 heterocycles. The van der Waals surface area contributed by atoms with E-state index < -0.39 is 5.60 Å². The van der Waals surface area contributed by atoms with E-state index in [0.29, 0.717) is 0 Å². The molecular weight excluding hydrogens is 304 g/mol. The lowest BCUT2D eigenvalue weighted by molar-refractivity contribution is 0.0672. The summed E-state index contributed by atoms with van der Waals surface area (Å²) in [5.41, 5.74) is -0.260. The van der Waals surface area contributed by atoms with Crippen LogP contribution in [0.25, 0.3) is 0 Å². The van der Waals surface area contributed by atoms with Gasteiger partial charge < -0.3 is 20.6 Å². The summed E-state index contributed by atoms with van der Waals surface area (Å²) in [6, 6.07) is 0. The SMILES string of the molecule is CCNC(=NCC(C)(O)c1cnn(C)c1)NCCCN(CC)CC. The van der Waals surface area contributed by atoms with Crippen LogP contribution in [0.5, 0.6) is 0 Å². The van der Waals surface area contributed by atoms with Gasteiger partial charge in [-0.1, -0.05) is 13.8 Å². The number of nitrogens with one attached hydrogen (secondary N) is 2. The van der Waals surface area contributed by atoms with Crippen molar-refractivity contribution in [3.8, 4) is 0 Å². The first-order chi connectivity index (χ1) is 11.4. The zero-order valence-electron chi connectivity index (χ0n) is 15.8. The van der Waals surface area contributed by atoms with E-state index in [1.165, 1.54) is 0 Å². The van der Waals surface area contributed by atoms with E-state index in [9.17, 15) is 5.11 Å². The standard InChI is InChI=1S/C17H34N6O/c1-6-18-16(19-10-9-11-23(7-2)8-3)20-14-17(4,24)15-12-21-22(5)13-15/h12-13,24H,6-11,14H2,1-5H3,(H2,18,19,20). The Kier molecular flexibility index (Phi) is 8.78. The lowest BCUT2D eigenvalue weighted by Gasteiger charge is -2.21. The van der Waals surface area contributed by atoms with Crippen LogP contribution in [0.1, 0.15) is 39.7 Å². The van der Waals surface area contributed by atoms with E-state index in [-0.39, 0.29) is 6.54 Å². The molecule has 24 heavy (non-hydrogen) atoms. The lowest BCUT2D eigenvalue weighted by Crippen LogP contribution is -2.40. The molecule has 0 aromatic carbocycles. The quantitative estimate of drug-likeness (QED) is 0.336. The molecule has 0 saturated carbocycles. The maximum absolute atomic E-state index is 10.6. The van der Waals surface area contributed by atoms with E-state index in [1.54, 1.807) is 17.8 Å². The smallest absolute Gasteiger partial charge is 0.191 e. The molecule has 0 fully saturated rings. The van der Waals surface area contributed by atoms with Gasteiger partial charge in [-0.05, 0) is 39.9 Å².